The fourth-order valence-electron chi connectivity index (χ4n) is 1.41. The molecule has 0 aliphatic rings. The van der Waals surface area contributed by atoms with Crippen LogP contribution in [0, 0.1) is 0 Å². The zero-order chi connectivity index (χ0) is 10.8. The van der Waals surface area contributed by atoms with Crippen LogP contribution in [-0.4, -0.2) is 5.54 Å². The zero-order valence-electron chi connectivity index (χ0n) is 9.04. The summed E-state index contributed by atoms with van der Waals surface area (Å²) in [5, 5.41) is 3.17. The maximum absolute atomic E-state index is 5.99. The van der Waals surface area contributed by atoms with E-state index in [4.69, 9.17) is 11.5 Å². The van der Waals surface area contributed by atoms with Crippen molar-refractivity contribution in [2.45, 2.75) is 32.1 Å². The second-order valence-corrected chi connectivity index (χ2v) is 4.61. The summed E-state index contributed by atoms with van der Waals surface area (Å²) in [5.41, 5.74) is 12.8. The van der Waals surface area contributed by atoms with E-state index in [0.717, 1.165) is 5.56 Å². The molecular formula is C11H19N3. The molecule has 0 aromatic heterocycles. The Morgan fingerprint density at radius 1 is 1.00 bits per heavy atom. The molecule has 0 atom stereocenters. The van der Waals surface area contributed by atoms with Gasteiger partial charge in [-0.3, -0.25) is 16.8 Å². The lowest BCUT2D eigenvalue weighted by molar-refractivity contribution is 0.258. The Kier molecular flexibility index (Phi) is 2.95. The third-order valence-corrected chi connectivity index (χ3v) is 1.83. The third kappa shape index (κ3) is 3.10. The van der Waals surface area contributed by atoms with Crippen LogP contribution in [0.1, 0.15) is 26.3 Å². The summed E-state index contributed by atoms with van der Waals surface area (Å²) in [6, 6.07) is 9.62. The lowest BCUT2D eigenvalue weighted by atomic mass is 10.0. The topological polar surface area (TPSA) is 64.1 Å². The predicted octanol–water partition coefficient (Wildman–Crippen LogP) is 1.10. The highest BCUT2D eigenvalue weighted by atomic mass is 15.2. The van der Waals surface area contributed by atoms with Gasteiger partial charge in [0.25, 0.3) is 0 Å². The number of nitrogens with one attached hydrogen (secondary N) is 1. The van der Waals surface area contributed by atoms with Crippen LogP contribution in [0.15, 0.2) is 30.3 Å². The van der Waals surface area contributed by atoms with Crippen LogP contribution in [0.2, 0.25) is 0 Å². The van der Waals surface area contributed by atoms with Gasteiger partial charge < -0.3 is 0 Å². The molecule has 5 N–H and O–H groups in total. The predicted molar refractivity (Wildman–Crippen MR) is 59.4 cm³/mol. The monoisotopic (exact) mass is 193 g/mol. The highest BCUT2D eigenvalue weighted by Gasteiger charge is 2.26. The van der Waals surface area contributed by atoms with Gasteiger partial charge in [0.05, 0.1) is 0 Å². The van der Waals surface area contributed by atoms with Gasteiger partial charge in [-0.25, -0.2) is 0 Å². The molecule has 0 heterocycles. The Hall–Kier alpha value is -0.900. The second-order valence-electron chi connectivity index (χ2n) is 4.61. The first-order valence-corrected chi connectivity index (χ1v) is 4.74. The highest BCUT2D eigenvalue weighted by Crippen LogP contribution is 2.13. The molecule has 0 amide bonds. The number of hydrogen-bond acceptors (Lipinski definition) is 3. The van der Waals surface area contributed by atoms with Crippen molar-refractivity contribution in [2.75, 3.05) is 0 Å². The van der Waals surface area contributed by atoms with Gasteiger partial charge >= 0.3 is 0 Å². The van der Waals surface area contributed by atoms with Crippen LogP contribution in [0.4, 0.5) is 0 Å². The van der Waals surface area contributed by atoms with Gasteiger partial charge in [0.15, 0.2) is 0 Å². The molecule has 0 fully saturated rings. The first kappa shape index (κ1) is 11.2. The molecule has 3 nitrogen and oxygen atoms in total. The Bertz CT molecular complexity index is 285. The third-order valence-electron chi connectivity index (χ3n) is 1.83. The minimum atomic E-state index is -0.973. The molecule has 0 radical (unpaired) electrons. The van der Waals surface area contributed by atoms with Crippen molar-refractivity contribution in [3.05, 3.63) is 35.9 Å². The molecule has 0 aliphatic carbocycles. The van der Waals surface area contributed by atoms with Crippen LogP contribution in [0.25, 0.3) is 0 Å². The summed E-state index contributed by atoms with van der Waals surface area (Å²) in [7, 11) is 0. The minimum Gasteiger partial charge on any atom is -0.297 e. The lowest BCUT2D eigenvalue weighted by Crippen LogP contribution is -2.63. The quantitative estimate of drug-likeness (QED) is 0.616. The largest absolute Gasteiger partial charge is 0.297 e. The number of benzene rings is 1. The van der Waals surface area contributed by atoms with Gasteiger partial charge in [-0.1, -0.05) is 30.3 Å². The van der Waals surface area contributed by atoms with Crippen molar-refractivity contribution in [3.8, 4) is 0 Å². The fraction of sp³-hybridized carbons (Fsp3) is 0.455. The SMILES string of the molecule is CC(C)(C)NC(N)(N)c1ccccc1. The normalized spacial score (nSPS) is 12.9. The number of nitrogens with two attached hydrogens (primary N) is 2. The second kappa shape index (κ2) is 3.69. The molecule has 78 valence electrons. The van der Waals surface area contributed by atoms with E-state index in [0.29, 0.717) is 0 Å². The van der Waals surface area contributed by atoms with E-state index in [-0.39, 0.29) is 5.54 Å². The average molecular weight is 193 g/mol. The van der Waals surface area contributed by atoms with E-state index in [2.05, 4.69) is 5.32 Å². The van der Waals surface area contributed by atoms with Crippen LogP contribution in [0.5, 0.6) is 0 Å². The maximum Gasteiger partial charge on any atom is 0.145 e. The highest BCUT2D eigenvalue weighted by molar-refractivity contribution is 5.22. The molecular weight excluding hydrogens is 174 g/mol. The van der Waals surface area contributed by atoms with E-state index in [1.54, 1.807) is 0 Å². The fourth-order valence-corrected chi connectivity index (χ4v) is 1.41. The summed E-state index contributed by atoms with van der Waals surface area (Å²) in [6.07, 6.45) is 0. The van der Waals surface area contributed by atoms with Crippen molar-refractivity contribution in [3.63, 3.8) is 0 Å². The van der Waals surface area contributed by atoms with Crippen molar-refractivity contribution in [2.24, 2.45) is 11.5 Å². The molecule has 0 bridgehead atoms. The van der Waals surface area contributed by atoms with E-state index in [1.165, 1.54) is 0 Å². The lowest BCUT2D eigenvalue weighted by Gasteiger charge is -2.34. The van der Waals surface area contributed by atoms with Crippen molar-refractivity contribution in [1.29, 1.82) is 0 Å². The molecule has 0 spiro atoms. The summed E-state index contributed by atoms with van der Waals surface area (Å²) in [6.45, 7) is 6.10. The van der Waals surface area contributed by atoms with Crippen molar-refractivity contribution in [1.82, 2.24) is 5.32 Å². The summed E-state index contributed by atoms with van der Waals surface area (Å²) < 4.78 is 0. The molecule has 0 saturated carbocycles. The standard InChI is InChI=1S/C11H19N3/c1-10(2,3)14-11(12,13)9-7-5-4-6-8-9/h4-8,14H,12-13H2,1-3H3. The average Bonchev–Trinajstić information content (AvgIpc) is 2.01. The maximum atomic E-state index is 5.99. The minimum absolute atomic E-state index is 0.112. The van der Waals surface area contributed by atoms with Gasteiger partial charge in [0.1, 0.15) is 5.79 Å². The van der Waals surface area contributed by atoms with Crippen LogP contribution in [0.3, 0.4) is 0 Å². The van der Waals surface area contributed by atoms with Crippen molar-refractivity contribution >= 4 is 0 Å². The first-order chi connectivity index (χ1) is 6.31. The van der Waals surface area contributed by atoms with Gasteiger partial charge in [-0.15, -0.1) is 0 Å². The first-order valence-electron chi connectivity index (χ1n) is 4.74. The molecule has 0 unspecified atom stereocenters. The van der Waals surface area contributed by atoms with Crippen LogP contribution >= 0.6 is 0 Å². The Labute approximate surface area is 85.5 Å². The molecule has 14 heavy (non-hydrogen) atoms. The van der Waals surface area contributed by atoms with Gasteiger partial charge in [-0.2, -0.15) is 0 Å². The van der Waals surface area contributed by atoms with Crippen LogP contribution < -0.4 is 16.8 Å². The molecule has 0 saturated heterocycles. The number of hydrogen-bond donors (Lipinski definition) is 3. The van der Waals surface area contributed by atoms with E-state index < -0.39 is 5.79 Å². The van der Waals surface area contributed by atoms with Gasteiger partial charge in [-0.05, 0) is 20.8 Å². The smallest absolute Gasteiger partial charge is 0.145 e. The summed E-state index contributed by atoms with van der Waals surface area (Å²) >= 11 is 0. The molecule has 1 rings (SSSR count). The van der Waals surface area contributed by atoms with E-state index in [9.17, 15) is 0 Å². The molecule has 3 heteroatoms. The van der Waals surface area contributed by atoms with E-state index in [1.807, 2.05) is 51.1 Å². The molecule has 0 aliphatic heterocycles. The Morgan fingerprint density at radius 2 is 1.50 bits per heavy atom. The van der Waals surface area contributed by atoms with E-state index >= 15 is 0 Å². The molecule has 1 aromatic rings. The van der Waals surface area contributed by atoms with Crippen LogP contribution in [-0.2, 0) is 5.79 Å². The zero-order valence-corrected chi connectivity index (χ0v) is 9.04. The molecule has 1 aromatic carbocycles. The van der Waals surface area contributed by atoms with Gasteiger partial charge in [0, 0.05) is 11.1 Å². The Morgan fingerprint density at radius 3 is 1.93 bits per heavy atom. The summed E-state index contributed by atoms with van der Waals surface area (Å²) in [4.78, 5) is 0. The summed E-state index contributed by atoms with van der Waals surface area (Å²) in [5.74, 6) is -0.973. The van der Waals surface area contributed by atoms with Gasteiger partial charge in [0.2, 0.25) is 0 Å². The number of rotatable bonds is 2. The Balaban J connectivity index is 2.86. The van der Waals surface area contributed by atoms with Crippen molar-refractivity contribution < 1.29 is 0 Å².